The number of aryl methyl sites for hydroxylation is 3. The first-order chi connectivity index (χ1) is 16.0. The number of halogens is 1. The van der Waals surface area contributed by atoms with Gasteiger partial charge in [-0.1, -0.05) is 54.1 Å². The Bertz CT molecular complexity index is 1220. The maximum atomic E-state index is 13.4. The molecule has 1 unspecified atom stereocenters. The van der Waals surface area contributed by atoms with Crippen LogP contribution < -0.4 is 10.7 Å². The van der Waals surface area contributed by atoms with Crippen LogP contribution in [0.25, 0.3) is 0 Å². The molecule has 2 aromatic carbocycles. The molecule has 0 saturated heterocycles. The normalized spacial score (nSPS) is 15.2. The second-order valence-electron chi connectivity index (χ2n) is 8.51. The third-order valence-corrected chi connectivity index (χ3v) is 6.74. The van der Waals surface area contributed by atoms with E-state index >= 15 is 0 Å². The average molecular weight is 465 g/mol. The molecule has 6 heteroatoms. The zero-order valence-electron chi connectivity index (χ0n) is 19.1. The first-order valence-corrected chi connectivity index (χ1v) is 11.7. The highest BCUT2D eigenvalue weighted by Crippen LogP contribution is 2.29. The third kappa shape index (κ3) is 5.05. The van der Waals surface area contributed by atoms with Crippen molar-refractivity contribution >= 4 is 17.5 Å². The summed E-state index contributed by atoms with van der Waals surface area (Å²) in [6.07, 6.45) is 3.55. The Hall–Kier alpha value is -2.89. The maximum Gasteiger partial charge on any atom is 0.257 e. The second kappa shape index (κ2) is 10.4. The van der Waals surface area contributed by atoms with Crippen LogP contribution in [-0.4, -0.2) is 17.6 Å². The number of fused-ring (bicyclic) bond motifs is 1. The minimum atomic E-state index is -0.347. The topological polar surface area (TPSA) is 60.3 Å². The number of pyridine rings is 1. The highest BCUT2D eigenvalue weighted by molar-refractivity contribution is 6.31. The smallest absolute Gasteiger partial charge is 0.257 e. The van der Waals surface area contributed by atoms with Gasteiger partial charge in [0.05, 0.1) is 18.3 Å². The van der Waals surface area contributed by atoms with Gasteiger partial charge in [0.1, 0.15) is 5.56 Å². The predicted molar refractivity (Wildman–Crippen MR) is 131 cm³/mol. The van der Waals surface area contributed by atoms with Gasteiger partial charge < -0.3 is 14.6 Å². The molecule has 0 spiro atoms. The Labute approximate surface area is 199 Å². The van der Waals surface area contributed by atoms with Crippen LogP contribution in [0.15, 0.2) is 59.4 Å². The summed E-state index contributed by atoms with van der Waals surface area (Å²) in [4.78, 5) is 26.4. The molecule has 172 valence electrons. The van der Waals surface area contributed by atoms with E-state index in [2.05, 4.69) is 17.4 Å². The lowest BCUT2D eigenvalue weighted by atomic mass is 9.87. The van der Waals surface area contributed by atoms with Crippen LogP contribution in [0.3, 0.4) is 0 Å². The molecule has 0 radical (unpaired) electrons. The van der Waals surface area contributed by atoms with Crippen LogP contribution in [-0.2, 0) is 30.7 Å². The quantitative estimate of drug-likeness (QED) is 0.534. The fourth-order valence-electron chi connectivity index (χ4n) is 4.74. The van der Waals surface area contributed by atoms with Crippen LogP contribution in [0.4, 0.5) is 0 Å². The Balaban J connectivity index is 1.66. The molecule has 1 amide bonds. The van der Waals surface area contributed by atoms with Crippen molar-refractivity contribution in [3.8, 4) is 0 Å². The van der Waals surface area contributed by atoms with Crippen molar-refractivity contribution in [3.05, 3.63) is 103 Å². The van der Waals surface area contributed by atoms with Crippen molar-refractivity contribution in [2.75, 3.05) is 7.11 Å². The minimum Gasteiger partial charge on any atom is -0.378 e. The highest BCUT2D eigenvalue weighted by atomic mass is 35.5. The summed E-state index contributed by atoms with van der Waals surface area (Å²) in [6.45, 7) is 2.64. The fourth-order valence-corrected chi connectivity index (χ4v) is 4.97. The molecule has 5 nitrogen and oxygen atoms in total. The number of carbonyl (C=O) groups is 1. The molecular formula is C27H29ClN2O3. The van der Waals surface area contributed by atoms with Crippen LogP contribution in [0.2, 0.25) is 5.02 Å². The summed E-state index contributed by atoms with van der Waals surface area (Å²) in [5, 5.41) is 3.84. The summed E-state index contributed by atoms with van der Waals surface area (Å²) in [7, 11) is 1.57. The molecule has 0 saturated carbocycles. The molecule has 1 aromatic heterocycles. The molecule has 33 heavy (non-hydrogen) atoms. The van der Waals surface area contributed by atoms with Crippen molar-refractivity contribution in [3.63, 3.8) is 0 Å². The van der Waals surface area contributed by atoms with E-state index in [1.54, 1.807) is 7.11 Å². The molecule has 1 N–H and O–H groups in total. The lowest BCUT2D eigenvalue weighted by molar-refractivity contribution is 0.0924. The Morgan fingerprint density at radius 1 is 1.18 bits per heavy atom. The monoisotopic (exact) mass is 464 g/mol. The number of rotatable bonds is 7. The summed E-state index contributed by atoms with van der Waals surface area (Å²) >= 11 is 6.34. The molecule has 1 aliphatic carbocycles. The number of methoxy groups -OCH3 is 1. The van der Waals surface area contributed by atoms with Crippen LogP contribution >= 0.6 is 11.6 Å². The van der Waals surface area contributed by atoms with Gasteiger partial charge in [-0.2, -0.15) is 0 Å². The van der Waals surface area contributed by atoms with Gasteiger partial charge in [0.25, 0.3) is 5.91 Å². The molecule has 0 fully saturated rings. The predicted octanol–water partition coefficient (Wildman–Crippen LogP) is 5.01. The lowest BCUT2D eigenvalue weighted by Gasteiger charge is -2.27. The Kier molecular flexibility index (Phi) is 7.31. The van der Waals surface area contributed by atoms with E-state index in [-0.39, 0.29) is 29.5 Å². The summed E-state index contributed by atoms with van der Waals surface area (Å²) in [5.74, 6) is -0.347. The number of nitrogens with zero attached hydrogens (tertiary/aromatic N) is 1. The van der Waals surface area contributed by atoms with E-state index in [1.165, 1.54) is 11.6 Å². The zero-order chi connectivity index (χ0) is 23.4. The standard InChI is InChI=1S/C27H29ClN2O3/c1-18-16-25(31)26(27(32)29-23-13-7-10-19-8-3-5-11-21(19)23)24(17-33-2)30(18)15-14-20-9-4-6-12-22(20)28/h3-6,8-9,11-12,16,23H,7,10,13-15,17H2,1-2H3,(H,29,32). The number of hydrogen-bond donors (Lipinski definition) is 1. The van der Waals surface area contributed by atoms with Crippen molar-refractivity contribution in [1.29, 1.82) is 0 Å². The van der Waals surface area contributed by atoms with Gasteiger partial charge in [0.2, 0.25) is 0 Å². The second-order valence-corrected chi connectivity index (χ2v) is 8.92. The van der Waals surface area contributed by atoms with Gasteiger partial charge in [0.15, 0.2) is 5.43 Å². The van der Waals surface area contributed by atoms with E-state index in [4.69, 9.17) is 16.3 Å². The van der Waals surface area contributed by atoms with Crippen molar-refractivity contribution in [1.82, 2.24) is 9.88 Å². The van der Waals surface area contributed by atoms with Crippen LogP contribution in [0, 0.1) is 6.92 Å². The fraction of sp³-hybridized carbons (Fsp3) is 0.333. The number of aromatic nitrogens is 1. The van der Waals surface area contributed by atoms with Gasteiger partial charge in [-0.05, 0) is 55.4 Å². The van der Waals surface area contributed by atoms with E-state index in [0.717, 1.165) is 36.1 Å². The SMILES string of the molecule is COCc1c(C(=O)NC2CCCc3ccccc32)c(=O)cc(C)n1CCc1ccccc1Cl. The lowest BCUT2D eigenvalue weighted by Crippen LogP contribution is -2.36. The summed E-state index contributed by atoms with van der Waals surface area (Å²) < 4.78 is 7.42. The summed E-state index contributed by atoms with van der Waals surface area (Å²) in [5.41, 5.74) is 4.67. The van der Waals surface area contributed by atoms with E-state index < -0.39 is 0 Å². The van der Waals surface area contributed by atoms with E-state index in [9.17, 15) is 9.59 Å². The van der Waals surface area contributed by atoms with E-state index in [1.807, 2.05) is 47.9 Å². The number of nitrogens with one attached hydrogen (secondary N) is 1. The third-order valence-electron chi connectivity index (χ3n) is 6.37. The van der Waals surface area contributed by atoms with Crippen LogP contribution in [0.5, 0.6) is 0 Å². The van der Waals surface area contributed by atoms with Crippen LogP contribution in [0.1, 0.15) is 57.3 Å². The number of benzene rings is 2. The number of amides is 1. The van der Waals surface area contributed by atoms with Gasteiger partial charge in [-0.15, -0.1) is 0 Å². The number of carbonyl (C=O) groups excluding carboxylic acids is 1. The molecule has 1 aliphatic rings. The number of ether oxygens (including phenoxy) is 1. The molecular weight excluding hydrogens is 436 g/mol. The largest absolute Gasteiger partial charge is 0.378 e. The average Bonchev–Trinajstić information content (AvgIpc) is 2.80. The van der Waals surface area contributed by atoms with Gasteiger partial charge in [-0.3, -0.25) is 9.59 Å². The molecule has 4 rings (SSSR count). The maximum absolute atomic E-state index is 13.4. The first-order valence-electron chi connectivity index (χ1n) is 11.3. The minimum absolute atomic E-state index is 0.102. The molecule has 1 atom stereocenters. The molecule has 3 aromatic rings. The van der Waals surface area contributed by atoms with E-state index in [0.29, 0.717) is 23.7 Å². The highest BCUT2D eigenvalue weighted by Gasteiger charge is 2.26. The zero-order valence-corrected chi connectivity index (χ0v) is 19.8. The van der Waals surface area contributed by atoms with Crippen molar-refractivity contribution in [2.24, 2.45) is 0 Å². The Morgan fingerprint density at radius 2 is 1.94 bits per heavy atom. The van der Waals surface area contributed by atoms with Gasteiger partial charge in [0, 0.05) is 30.4 Å². The number of hydrogen-bond acceptors (Lipinski definition) is 3. The molecule has 0 bridgehead atoms. The molecule has 0 aliphatic heterocycles. The van der Waals surface area contributed by atoms with Crippen molar-refractivity contribution < 1.29 is 9.53 Å². The van der Waals surface area contributed by atoms with Gasteiger partial charge >= 0.3 is 0 Å². The molecule has 1 heterocycles. The first kappa shape index (κ1) is 23.3. The summed E-state index contributed by atoms with van der Waals surface area (Å²) in [6, 6.07) is 17.3. The Morgan fingerprint density at radius 3 is 2.73 bits per heavy atom. The van der Waals surface area contributed by atoms with Crippen molar-refractivity contribution in [2.45, 2.75) is 51.8 Å². The van der Waals surface area contributed by atoms with Gasteiger partial charge in [-0.25, -0.2) is 0 Å².